The number of hydrogen-bond acceptors (Lipinski definition) is 4. The fraction of sp³-hybridized carbons (Fsp3) is 0.481. The van der Waals surface area contributed by atoms with Crippen LogP contribution in [0.15, 0.2) is 48.5 Å². The van der Waals surface area contributed by atoms with Crippen LogP contribution < -0.4 is 0 Å². The van der Waals surface area contributed by atoms with Gasteiger partial charge >= 0.3 is 24.4 Å². The molecule has 0 saturated carbocycles. The Labute approximate surface area is 221 Å². The standard InChI is InChI=1S/C27H29F6NO5/c1-24(2,3)39-23(37)34-11-9-25(10-12-34,18-7-5-4-6-8-18)16-38-21(22(35)36)17-13-19(26(28,29)30)15-20(14-17)27(31,32)33/h4-8,13-15,21H,9-12,16H2,1-3H3,(H,35,36). The molecule has 1 saturated heterocycles. The van der Waals surface area contributed by atoms with Crippen molar-refractivity contribution in [2.45, 2.75) is 63.1 Å². The third-order valence-electron chi connectivity index (χ3n) is 6.42. The average Bonchev–Trinajstić information content (AvgIpc) is 2.82. The first-order valence-corrected chi connectivity index (χ1v) is 12.1. The number of nitrogens with zero attached hydrogens (tertiary/aromatic N) is 1. The lowest BCUT2D eigenvalue weighted by Gasteiger charge is -2.42. The van der Waals surface area contributed by atoms with Gasteiger partial charge in [-0.2, -0.15) is 26.3 Å². The van der Waals surface area contributed by atoms with Gasteiger partial charge in [-0.1, -0.05) is 30.3 Å². The number of amides is 1. The number of carboxylic acids is 1. The highest BCUT2D eigenvalue weighted by atomic mass is 19.4. The number of benzene rings is 2. The molecule has 6 nitrogen and oxygen atoms in total. The van der Waals surface area contributed by atoms with E-state index in [1.54, 1.807) is 51.1 Å². The van der Waals surface area contributed by atoms with Crippen molar-refractivity contribution in [3.63, 3.8) is 0 Å². The second-order valence-electron chi connectivity index (χ2n) is 10.5. The number of alkyl halides is 6. The van der Waals surface area contributed by atoms with Gasteiger partial charge in [0.25, 0.3) is 0 Å². The van der Waals surface area contributed by atoms with Crippen LogP contribution in [0, 0.1) is 0 Å². The van der Waals surface area contributed by atoms with Crippen molar-refractivity contribution >= 4 is 12.1 Å². The van der Waals surface area contributed by atoms with Gasteiger partial charge in [-0.3, -0.25) is 0 Å². The predicted octanol–water partition coefficient (Wildman–Crippen LogP) is 6.84. The Bertz CT molecular complexity index is 1130. The highest BCUT2D eigenvalue weighted by molar-refractivity contribution is 5.74. The van der Waals surface area contributed by atoms with Gasteiger partial charge in [0.2, 0.25) is 0 Å². The summed E-state index contributed by atoms with van der Waals surface area (Å²) in [6.45, 7) is 5.27. The van der Waals surface area contributed by atoms with E-state index in [0.717, 1.165) is 5.56 Å². The number of carbonyl (C=O) groups is 2. The molecule has 1 fully saturated rings. The first-order chi connectivity index (χ1) is 17.9. The molecule has 0 spiro atoms. The van der Waals surface area contributed by atoms with Gasteiger partial charge in [-0.15, -0.1) is 0 Å². The van der Waals surface area contributed by atoms with Crippen LogP contribution >= 0.6 is 0 Å². The molecule has 12 heteroatoms. The second-order valence-corrected chi connectivity index (χ2v) is 10.5. The number of piperidine rings is 1. The molecule has 1 atom stereocenters. The Hall–Kier alpha value is -3.28. The predicted molar refractivity (Wildman–Crippen MR) is 128 cm³/mol. The van der Waals surface area contributed by atoms with Gasteiger partial charge < -0.3 is 19.5 Å². The molecule has 1 amide bonds. The lowest BCUT2D eigenvalue weighted by atomic mass is 9.73. The lowest BCUT2D eigenvalue weighted by molar-refractivity contribution is -0.154. The zero-order chi connectivity index (χ0) is 29.2. The molecule has 1 N–H and O–H groups in total. The van der Waals surface area contributed by atoms with Crippen molar-refractivity contribution in [2.75, 3.05) is 19.7 Å². The Morgan fingerprint density at radius 1 is 0.923 bits per heavy atom. The largest absolute Gasteiger partial charge is 0.479 e. The van der Waals surface area contributed by atoms with Crippen molar-refractivity contribution < 1.29 is 50.5 Å². The zero-order valence-corrected chi connectivity index (χ0v) is 21.5. The molecule has 1 aliphatic rings. The second kappa shape index (κ2) is 11.1. The Balaban J connectivity index is 1.92. The monoisotopic (exact) mass is 561 g/mol. The summed E-state index contributed by atoms with van der Waals surface area (Å²) in [6, 6.07) is 9.43. The van der Waals surface area contributed by atoms with Crippen molar-refractivity contribution in [1.29, 1.82) is 0 Å². The quantitative estimate of drug-likeness (QED) is 0.391. The lowest BCUT2D eigenvalue weighted by Crippen LogP contribution is -2.48. The van der Waals surface area contributed by atoms with E-state index < -0.39 is 58.2 Å². The highest BCUT2D eigenvalue weighted by Gasteiger charge is 2.42. The number of ether oxygens (including phenoxy) is 2. The maximum Gasteiger partial charge on any atom is 0.416 e. The number of carboxylic acid groups (broad SMARTS) is 1. The van der Waals surface area contributed by atoms with Gasteiger partial charge in [0, 0.05) is 18.5 Å². The van der Waals surface area contributed by atoms with Gasteiger partial charge in [0.15, 0.2) is 6.10 Å². The van der Waals surface area contributed by atoms with E-state index in [2.05, 4.69) is 0 Å². The van der Waals surface area contributed by atoms with Crippen molar-refractivity contribution in [1.82, 2.24) is 4.90 Å². The van der Waals surface area contributed by atoms with E-state index >= 15 is 0 Å². The maximum atomic E-state index is 13.4. The Kier molecular flexibility index (Phi) is 8.59. The van der Waals surface area contributed by atoms with Crippen LogP contribution in [-0.2, 0) is 32.0 Å². The SMILES string of the molecule is CC(C)(C)OC(=O)N1CCC(COC(C(=O)O)c2cc(C(F)(F)F)cc(C(F)(F)F)c2)(c2ccccc2)CC1. The molecule has 1 heterocycles. The van der Waals surface area contributed by atoms with Crippen LogP contribution in [0.4, 0.5) is 31.1 Å². The first-order valence-electron chi connectivity index (χ1n) is 12.1. The third kappa shape index (κ3) is 7.65. The van der Waals surface area contributed by atoms with Gasteiger partial charge in [-0.25, -0.2) is 9.59 Å². The molecule has 1 aliphatic heterocycles. The van der Waals surface area contributed by atoms with Gasteiger partial charge in [0.05, 0.1) is 17.7 Å². The molecule has 2 aromatic rings. The summed E-state index contributed by atoms with van der Waals surface area (Å²) in [4.78, 5) is 26.1. The number of carbonyl (C=O) groups excluding carboxylic acids is 1. The summed E-state index contributed by atoms with van der Waals surface area (Å²) in [5.41, 5.74) is -4.89. The molecular weight excluding hydrogens is 532 g/mol. The van der Waals surface area contributed by atoms with Crippen molar-refractivity contribution in [3.05, 3.63) is 70.8 Å². The summed E-state index contributed by atoms with van der Waals surface area (Å²) in [6.07, 6.45) is -12.3. The Morgan fingerprint density at radius 2 is 1.44 bits per heavy atom. The van der Waals surface area contributed by atoms with Gasteiger partial charge in [0.1, 0.15) is 5.60 Å². The van der Waals surface area contributed by atoms with Crippen LogP contribution in [-0.4, -0.2) is 47.4 Å². The zero-order valence-electron chi connectivity index (χ0n) is 21.5. The molecule has 0 bridgehead atoms. The molecule has 2 aromatic carbocycles. The van der Waals surface area contributed by atoms with Crippen molar-refractivity contribution in [2.24, 2.45) is 0 Å². The van der Waals surface area contributed by atoms with E-state index in [-0.39, 0.29) is 25.8 Å². The normalized spacial score (nSPS) is 17.0. The molecule has 214 valence electrons. The van der Waals surface area contributed by atoms with E-state index in [9.17, 15) is 41.0 Å². The minimum Gasteiger partial charge on any atom is -0.479 e. The fourth-order valence-corrected chi connectivity index (χ4v) is 4.44. The van der Waals surface area contributed by atoms with E-state index in [1.807, 2.05) is 0 Å². The van der Waals surface area contributed by atoms with Crippen LogP contribution in [0.5, 0.6) is 0 Å². The summed E-state index contributed by atoms with van der Waals surface area (Å²) in [5, 5.41) is 9.76. The van der Waals surface area contributed by atoms with Crippen LogP contribution in [0.2, 0.25) is 0 Å². The minimum absolute atomic E-state index is 0.0692. The number of likely N-dealkylation sites (tertiary alicyclic amines) is 1. The summed E-state index contributed by atoms with van der Waals surface area (Å²) < 4.78 is 91.2. The van der Waals surface area contributed by atoms with Gasteiger partial charge in [-0.05, 0) is 62.9 Å². The Morgan fingerprint density at radius 3 is 1.87 bits per heavy atom. The molecule has 0 radical (unpaired) electrons. The van der Waals surface area contributed by atoms with E-state index in [4.69, 9.17) is 9.47 Å². The molecule has 0 aromatic heterocycles. The molecule has 39 heavy (non-hydrogen) atoms. The minimum atomic E-state index is -5.14. The fourth-order valence-electron chi connectivity index (χ4n) is 4.44. The number of rotatable bonds is 6. The highest BCUT2D eigenvalue weighted by Crippen LogP contribution is 2.40. The van der Waals surface area contributed by atoms with Crippen LogP contribution in [0.1, 0.15) is 62.0 Å². The number of hydrogen-bond donors (Lipinski definition) is 1. The summed E-state index contributed by atoms with van der Waals surface area (Å²) in [7, 11) is 0. The van der Waals surface area contributed by atoms with Crippen LogP contribution in [0.25, 0.3) is 0 Å². The molecule has 0 aliphatic carbocycles. The topological polar surface area (TPSA) is 76.1 Å². The molecular formula is C27H29F6NO5. The molecule has 3 rings (SSSR count). The van der Waals surface area contributed by atoms with Crippen LogP contribution in [0.3, 0.4) is 0 Å². The smallest absolute Gasteiger partial charge is 0.416 e. The average molecular weight is 562 g/mol. The summed E-state index contributed by atoms with van der Waals surface area (Å²) in [5.74, 6) is -1.74. The maximum absolute atomic E-state index is 13.4. The first kappa shape index (κ1) is 30.3. The van der Waals surface area contributed by atoms with Crippen molar-refractivity contribution in [3.8, 4) is 0 Å². The van der Waals surface area contributed by atoms with E-state index in [0.29, 0.717) is 25.0 Å². The number of aliphatic carboxylic acids is 1. The summed E-state index contributed by atoms with van der Waals surface area (Å²) >= 11 is 0. The van der Waals surface area contributed by atoms with E-state index in [1.165, 1.54) is 4.90 Å². The molecule has 1 unspecified atom stereocenters. The number of halogens is 6. The third-order valence-corrected chi connectivity index (χ3v) is 6.42.